The zero-order chi connectivity index (χ0) is 21.0. The third-order valence-corrected chi connectivity index (χ3v) is 7.68. The fraction of sp³-hybridized carbons (Fsp3) is 0.333. The molecule has 1 aliphatic carbocycles. The predicted octanol–water partition coefficient (Wildman–Crippen LogP) is 6.57. The lowest BCUT2D eigenvalue weighted by atomic mass is 9.75. The fourth-order valence-corrected chi connectivity index (χ4v) is 5.54. The van der Waals surface area contributed by atoms with Gasteiger partial charge < -0.3 is 9.84 Å². The number of aliphatic hydroxyl groups is 1. The molecule has 2 nitrogen and oxygen atoms in total. The van der Waals surface area contributed by atoms with Gasteiger partial charge in [-0.3, -0.25) is 0 Å². The largest absolute Gasteiger partial charge is 0.489 e. The maximum absolute atomic E-state index is 11.3. The van der Waals surface area contributed by atoms with E-state index in [2.05, 4.69) is 62.4 Å². The molecule has 1 aliphatic rings. The Balaban J connectivity index is 1.47. The number of hydrogen-bond donors (Lipinski definition) is 1. The van der Waals surface area contributed by atoms with Gasteiger partial charge in [0.2, 0.25) is 0 Å². The van der Waals surface area contributed by atoms with E-state index in [1.165, 1.54) is 11.1 Å². The predicted molar refractivity (Wildman–Crippen MR) is 126 cm³/mol. The van der Waals surface area contributed by atoms with E-state index < -0.39 is 6.10 Å². The molecule has 0 heterocycles. The average molecular weight is 419 g/mol. The minimum atomic E-state index is -0.465. The van der Waals surface area contributed by atoms with Crippen LogP contribution >= 0.6 is 11.8 Å². The zero-order valence-electron chi connectivity index (χ0n) is 17.8. The topological polar surface area (TPSA) is 29.5 Å². The quantitative estimate of drug-likeness (QED) is 0.470. The summed E-state index contributed by atoms with van der Waals surface area (Å²) in [6, 6.07) is 26.9. The van der Waals surface area contributed by atoms with Crippen LogP contribution in [0.3, 0.4) is 0 Å². The Hall–Kier alpha value is -2.23. The lowest BCUT2D eigenvalue weighted by Gasteiger charge is -2.41. The van der Waals surface area contributed by atoms with Crippen LogP contribution in [0.25, 0.3) is 0 Å². The molecule has 0 amide bonds. The Morgan fingerprint density at radius 2 is 1.57 bits per heavy atom. The molecule has 0 radical (unpaired) electrons. The van der Waals surface area contributed by atoms with Crippen LogP contribution in [0.5, 0.6) is 5.75 Å². The summed E-state index contributed by atoms with van der Waals surface area (Å²) in [5.74, 6) is 2.08. The number of rotatable bonds is 7. The van der Waals surface area contributed by atoms with Crippen molar-refractivity contribution in [1.82, 2.24) is 0 Å². The van der Waals surface area contributed by atoms with Crippen LogP contribution in [0.15, 0.2) is 78.9 Å². The number of ether oxygens (including phenoxy) is 1. The van der Waals surface area contributed by atoms with Crippen molar-refractivity contribution in [3.05, 3.63) is 101 Å². The summed E-state index contributed by atoms with van der Waals surface area (Å²) < 4.78 is 6.13. The molecule has 0 spiro atoms. The molecule has 1 N–H and O–H groups in total. The van der Waals surface area contributed by atoms with Gasteiger partial charge in [-0.1, -0.05) is 86.6 Å². The lowest BCUT2D eigenvalue weighted by Crippen LogP contribution is -2.36. The minimum Gasteiger partial charge on any atom is -0.489 e. The van der Waals surface area contributed by atoms with E-state index in [0.717, 1.165) is 35.5 Å². The number of fused-ring (bicyclic) bond motifs is 1. The van der Waals surface area contributed by atoms with Crippen LogP contribution in [-0.4, -0.2) is 9.85 Å². The second-order valence-electron chi connectivity index (χ2n) is 8.57. The molecular formula is C27H30O2S. The van der Waals surface area contributed by atoms with Crippen molar-refractivity contribution < 1.29 is 9.84 Å². The molecule has 3 aromatic carbocycles. The van der Waals surface area contributed by atoms with Gasteiger partial charge in [0.25, 0.3) is 0 Å². The second-order valence-corrected chi connectivity index (χ2v) is 10.2. The highest BCUT2D eigenvalue weighted by Crippen LogP contribution is 2.48. The monoisotopic (exact) mass is 418 g/mol. The number of aliphatic hydroxyl groups excluding tert-OH is 1. The van der Waals surface area contributed by atoms with Gasteiger partial charge in [-0.25, -0.2) is 0 Å². The molecule has 30 heavy (non-hydrogen) atoms. The fourth-order valence-electron chi connectivity index (χ4n) is 4.35. The number of benzene rings is 3. The Kier molecular flexibility index (Phi) is 6.50. The molecule has 156 valence electrons. The summed E-state index contributed by atoms with van der Waals surface area (Å²) in [6.07, 6.45) is 1.44. The molecule has 0 aliphatic heterocycles. The molecule has 3 aromatic rings. The van der Waals surface area contributed by atoms with Gasteiger partial charge >= 0.3 is 0 Å². The Morgan fingerprint density at radius 1 is 0.900 bits per heavy atom. The molecule has 2 atom stereocenters. The Bertz CT molecular complexity index is 953. The SMILES string of the molecule is CC(C)(SCc1ccccc1)[C@@H]1CCc2c(OCc3ccccc3)cccc2[C@@H]1O. The first-order valence-electron chi connectivity index (χ1n) is 10.7. The van der Waals surface area contributed by atoms with Crippen LogP contribution in [-0.2, 0) is 18.8 Å². The summed E-state index contributed by atoms with van der Waals surface area (Å²) in [6.45, 7) is 5.10. The van der Waals surface area contributed by atoms with E-state index in [9.17, 15) is 5.11 Å². The highest BCUT2D eigenvalue weighted by molar-refractivity contribution is 7.99. The number of thioether (sulfide) groups is 1. The lowest BCUT2D eigenvalue weighted by molar-refractivity contribution is 0.0757. The van der Waals surface area contributed by atoms with Gasteiger partial charge in [0, 0.05) is 16.4 Å². The number of hydrogen-bond acceptors (Lipinski definition) is 3. The molecule has 4 rings (SSSR count). The van der Waals surface area contributed by atoms with Crippen molar-refractivity contribution in [2.75, 3.05) is 0 Å². The standard InChI is InChI=1S/C27H30O2S/c1-27(2,30-19-21-12-7-4-8-13-21)24-17-16-22-23(26(24)28)14-9-15-25(22)29-18-20-10-5-3-6-11-20/h3-15,24,26,28H,16-19H2,1-2H3/t24-,26+/m1/s1. The highest BCUT2D eigenvalue weighted by atomic mass is 32.2. The van der Waals surface area contributed by atoms with E-state index in [-0.39, 0.29) is 10.7 Å². The second kappa shape index (κ2) is 9.28. The third kappa shape index (κ3) is 4.74. The minimum absolute atomic E-state index is 0.0200. The van der Waals surface area contributed by atoms with Gasteiger partial charge in [-0.2, -0.15) is 11.8 Å². The van der Waals surface area contributed by atoms with Crippen molar-refractivity contribution in [1.29, 1.82) is 0 Å². The first kappa shape index (κ1) is 21.0. The van der Waals surface area contributed by atoms with Crippen molar-refractivity contribution in [2.45, 2.75) is 49.9 Å². The molecule has 3 heteroatoms. The summed E-state index contributed by atoms with van der Waals surface area (Å²) in [7, 11) is 0. The van der Waals surface area contributed by atoms with Gasteiger partial charge in [-0.15, -0.1) is 0 Å². The van der Waals surface area contributed by atoms with Crippen molar-refractivity contribution in [3.8, 4) is 5.75 Å². The molecule has 0 unspecified atom stereocenters. The van der Waals surface area contributed by atoms with Gasteiger partial charge in [-0.05, 0) is 41.2 Å². The first-order valence-corrected chi connectivity index (χ1v) is 11.7. The van der Waals surface area contributed by atoms with Crippen LogP contribution < -0.4 is 4.74 Å². The average Bonchev–Trinajstić information content (AvgIpc) is 2.78. The summed E-state index contributed by atoms with van der Waals surface area (Å²) in [5.41, 5.74) is 4.69. The van der Waals surface area contributed by atoms with E-state index in [0.29, 0.717) is 6.61 Å². The van der Waals surface area contributed by atoms with E-state index in [4.69, 9.17) is 4.74 Å². The van der Waals surface area contributed by atoms with Gasteiger partial charge in [0.05, 0.1) is 6.10 Å². The molecule has 0 bridgehead atoms. The van der Waals surface area contributed by atoms with E-state index >= 15 is 0 Å². The van der Waals surface area contributed by atoms with E-state index in [1.54, 1.807) is 0 Å². The molecule has 0 fully saturated rings. The van der Waals surface area contributed by atoms with Crippen LogP contribution in [0.1, 0.15) is 48.6 Å². The third-order valence-electron chi connectivity index (χ3n) is 6.16. The highest BCUT2D eigenvalue weighted by Gasteiger charge is 2.39. The molecular weight excluding hydrogens is 388 g/mol. The van der Waals surface area contributed by atoms with Crippen molar-refractivity contribution in [2.24, 2.45) is 5.92 Å². The maximum Gasteiger partial charge on any atom is 0.123 e. The maximum atomic E-state index is 11.3. The van der Waals surface area contributed by atoms with Crippen LogP contribution in [0, 0.1) is 5.92 Å². The van der Waals surface area contributed by atoms with Gasteiger partial charge in [0.15, 0.2) is 0 Å². The van der Waals surface area contributed by atoms with Crippen LogP contribution in [0.2, 0.25) is 0 Å². The van der Waals surface area contributed by atoms with Crippen LogP contribution in [0.4, 0.5) is 0 Å². The normalized spacial score (nSPS) is 18.6. The Morgan fingerprint density at radius 3 is 2.27 bits per heavy atom. The summed E-state index contributed by atoms with van der Waals surface area (Å²) in [5, 5.41) is 11.3. The van der Waals surface area contributed by atoms with E-state index in [1.807, 2.05) is 42.1 Å². The smallest absolute Gasteiger partial charge is 0.123 e. The Labute approximate surface area is 184 Å². The molecule has 0 saturated carbocycles. The zero-order valence-corrected chi connectivity index (χ0v) is 18.6. The molecule has 0 aromatic heterocycles. The van der Waals surface area contributed by atoms with Crippen molar-refractivity contribution >= 4 is 11.8 Å². The molecule has 0 saturated heterocycles. The summed E-state index contributed by atoms with van der Waals surface area (Å²) in [4.78, 5) is 0. The first-order chi connectivity index (χ1) is 14.5. The van der Waals surface area contributed by atoms with Crippen molar-refractivity contribution in [3.63, 3.8) is 0 Å². The summed E-state index contributed by atoms with van der Waals surface area (Å²) >= 11 is 1.94. The van der Waals surface area contributed by atoms with Gasteiger partial charge in [0.1, 0.15) is 12.4 Å².